The molecule has 3 heterocycles. The summed E-state index contributed by atoms with van der Waals surface area (Å²) in [6.45, 7) is 3.84. The lowest BCUT2D eigenvalue weighted by Crippen LogP contribution is -2.37. The fraction of sp³-hybridized carbons (Fsp3) is 0.368. The SMILES string of the molecule is CNC(=O)c1ccn(C2CCCN(c3ncnc4c(C)cccc34)C2)n1. The fourth-order valence-corrected chi connectivity index (χ4v) is 3.63. The van der Waals surface area contributed by atoms with E-state index in [0.29, 0.717) is 5.69 Å². The van der Waals surface area contributed by atoms with Crippen molar-refractivity contribution in [3.8, 4) is 0 Å². The molecule has 2 aromatic heterocycles. The molecule has 1 atom stereocenters. The van der Waals surface area contributed by atoms with Crippen molar-refractivity contribution in [2.75, 3.05) is 25.0 Å². The van der Waals surface area contributed by atoms with Crippen molar-refractivity contribution in [3.05, 3.63) is 48.0 Å². The summed E-state index contributed by atoms with van der Waals surface area (Å²) >= 11 is 0. The molecule has 1 aromatic carbocycles. The molecular weight excluding hydrogens is 328 g/mol. The van der Waals surface area contributed by atoms with Crippen molar-refractivity contribution < 1.29 is 4.79 Å². The summed E-state index contributed by atoms with van der Waals surface area (Å²) in [5, 5.41) is 8.15. The van der Waals surface area contributed by atoms with Crippen LogP contribution < -0.4 is 10.2 Å². The number of nitrogens with zero attached hydrogens (tertiary/aromatic N) is 5. The topological polar surface area (TPSA) is 75.9 Å². The van der Waals surface area contributed by atoms with Crippen LogP contribution in [0.2, 0.25) is 0 Å². The standard InChI is InChI=1S/C19H22N6O/c1-13-5-3-7-15-17(13)21-12-22-18(15)24-9-4-6-14(11-24)25-10-8-16(23-25)19(26)20-2/h3,5,7-8,10,12,14H,4,6,9,11H2,1-2H3,(H,20,26). The lowest BCUT2D eigenvalue weighted by atomic mass is 10.0. The van der Waals surface area contributed by atoms with Crippen LogP contribution >= 0.6 is 0 Å². The monoisotopic (exact) mass is 350 g/mol. The zero-order valence-electron chi connectivity index (χ0n) is 15.0. The maximum atomic E-state index is 11.8. The first-order chi connectivity index (χ1) is 12.7. The van der Waals surface area contributed by atoms with Crippen molar-refractivity contribution >= 4 is 22.6 Å². The number of benzene rings is 1. The van der Waals surface area contributed by atoms with Crippen LogP contribution in [0.3, 0.4) is 0 Å². The molecule has 7 nitrogen and oxygen atoms in total. The third-order valence-corrected chi connectivity index (χ3v) is 4.98. The highest BCUT2D eigenvalue weighted by Gasteiger charge is 2.25. The zero-order valence-corrected chi connectivity index (χ0v) is 15.0. The molecule has 1 unspecified atom stereocenters. The predicted molar refractivity (Wildman–Crippen MR) is 100 cm³/mol. The molecule has 0 bridgehead atoms. The van der Waals surface area contributed by atoms with Crippen LogP contribution in [0.15, 0.2) is 36.8 Å². The van der Waals surface area contributed by atoms with Gasteiger partial charge in [0.25, 0.3) is 5.91 Å². The molecule has 1 amide bonds. The first-order valence-corrected chi connectivity index (χ1v) is 8.90. The molecule has 0 saturated carbocycles. The molecule has 7 heteroatoms. The lowest BCUT2D eigenvalue weighted by Gasteiger charge is -2.34. The van der Waals surface area contributed by atoms with Crippen LogP contribution in [-0.4, -0.2) is 45.8 Å². The van der Waals surface area contributed by atoms with Crippen LogP contribution in [0, 0.1) is 6.92 Å². The minimum atomic E-state index is -0.159. The second-order valence-corrected chi connectivity index (χ2v) is 6.67. The van der Waals surface area contributed by atoms with E-state index in [4.69, 9.17) is 0 Å². The fourth-order valence-electron chi connectivity index (χ4n) is 3.63. The minimum absolute atomic E-state index is 0.159. The van der Waals surface area contributed by atoms with E-state index in [-0.39, 0.29) is 11.9 Å². The van der Waals surface area contributed by atoms with Crippen LogP contribution in [0.1, 0.15) is 34.9 Å². The van der Waals surface area contributed by atoms with Crippen molar-refractivity contribution in [2.45, 2.75) is 25.8 Å². The smallest absolute Gasteiger partial charge is 0.271 e. The number of amides is 1. The molecule has 1 aliphatic rings. The van der Waals surface area contributed by atoms with E-state index in [0.717, 1.165) is 48.2 Å². The Morgan fingerprint density at radius 2 is 2.15 bits per heavy atom. The van der Waals surface area contributed by atoms with E-state index < -0.39 is 0 Å². The molecule has 1 N–H and O–H groups in total. The normalized spacial score (nSPS) is 17.5. The molecule has 0 aliphatic carbocycles. The average Bonchev–Trinajstić information content (AvgIpc) is 3.18. The summed E-state index contributed by atoms with van der Waals surface area (Å²) < 4.78 is 1.91. The van der Waals surface area contributed by atoms with Gasteiger partial charge in [-0.1, -0.05) is 12.1 Å². The largest absolute Gasteiger partial charge is 0.354 e. The molecule has 1 saturated heterocycles. The number of hydrogen-bond acceptors (Lipinski definition) is 5. The number of carbonyl (C=O) groups excluding carboxylic acids is 1. The van der Waals surface area contributed by atoms with Gasteiger partial charge in [-0.25, -0.2) is 9.97 Å². The molecule has 1 aliphatic heterocycles. The van der Waals surface area contributed by atoms with Gasteiger partial charge in [0.1, 0.15) is 17.8 Å². The number of aromatic nitrogens is 4. The summed E-state index contributed by atoms with van der Waals surface area (Å²) in [6, 6.07) is 8.19. The summed E-state index contributed by atoms with van der Waals surface area (Å²) in [4.78, 5) is 23.1. The Balaban J connectivity index is 1.62. The van der Waals surface area contributed by atoms with Crippen molar-refractivity contribution in [1.29, 1.82) is 0 Å². The minimum Gasteiger partial charge on any atom is -0.354 e. The number of hydrogen-bond donors (Lipinski definition) is 1. The molecule has 1 fully saturated rings. The first kappa shape index (κ1) is 16.5. The van der Waals surface area contributed by atoms with E-state index in [9.17, 15) is 4.79 Å². The number of carbonyl (C=O) groups is 1. The third-order valence-electron chi connectivity index (χ3n) is 4.98. The molecule has 4 rings (SSSR count). The highest BCUT2D eigenvalue weighted by molar-refractivity contribution is 5.92. The van der Waals surface area contributed by atoms with E-state index in [1.807, 2.05) is 10.9 Å². The van der Waals surface area contributed by atoms with Gasteiger partial charge in [-0.15, -0.1) is 0 Å². The van der Waals surface area contributed by atoms with Gasteiger partial charge in [-0.2, -0.15) is 5.10 Å². The van der Waals surface area contributed by atoms with E-state index >= 15 is 0 Å². The molecular formula is C19H22N6O. The third kappa shape index (κ3) is 2.89. The number of fused-ring (bicyclic) bond motifs is 1. The second kappa shape index (κ2) is 6.74. The number of aryl methyl sites for hydroxylation is 1. The molecule has 26 heavy (non-hydrogen) atoms. The van der Waals surface area contributed by atoms with Gasteiger partial charge >= 0.3 is 0 Å². The Kier molecular flexibility index (Phi) is 4.28. The second-order valence-electron chi connectivity index (χ2n) is 6.67. The Morgan fingerprint density at radius 1 is 1.27 bits per heavy atom. The van der Waals surface area contributed by atoms with Gasteiger partial charge in [-0.05, 0) is 37.5 Å². The highest BCUT2D eigenvalue weighted by Crippen LogP contribution is 2.30. The average molecular weight is 350 g/mol. The predicted octanol–water partition coefficient (Wildman–Crippen LogP) is 2.34. The number of piperidine rings is 1. The van der Waals surface area contributed by atoms with Crippen LogP contribution in [0.5, 0.6) is 0 Å². The Morgan fingerprint density at radius 3 is 3.00 bits per heavy atom. The zero-order chi connectivity index (χ0) is 18.1. The Labute approximate surface area is 152 Å². The van der Waals surface area contributed by atoms with Gasteiger partial charge in [0, 0.05) is 31.7 Å². The number of nitrogens with one attached hydrogen (secondary N) is 1. The summed E-state index contributed by atoms with van der Waals surface area (Å²) in [5.41, 5.74) is 2.61. The summed E-state index contributed by atoms with van der Waals surface area (Å²) in [7, 11) is 1.62. The summed E-state index contributed by atoms with van der Waals surface area (Å²) in [6.07, 6.45) is 5.62. The van der Waals surface area contributed by atoms with Crippen LogP contribution in [0.4, 0.5) is 5.82 Å². The molecule has 0 radical (unpaired) electrons. The summed E-state index contributed by atoms with van der Waals surface area (Å²) in [5.74, 6) is 0.816. The maximum Gasteiger partial charge on any atom is 0.271 e. The maximum absolute atomic E-state index is 11.8. The van der Waals surface area contributed by atoms with Crippen molar-refractivity contribution in [2.24, 2.45) is 0 Å². The van der Waals surface area contributed by atoms with Gasteiger partial charge < -0.3 is 10.2 Å². The van der Waals surface area contributed by atoms with Crippen molar-refractivity contribution in [1.82, 2.24) is 25.1 Å². The van der Waals surface area contributed by atoms with Gasteiger partial charge in [-0.3, -0.25) is 9.48 Å². The lowest BCUT2D eigenvalue weighted by molar-refractivity contribution is 0.0957. The molecule has 3 aromatic rings. The van der Waals surface area contributed by atoms with Crippen molar-refractivity contribution in [3.63, 3.8) is 0 Å². The van der Waals surface area contributed by atoms with Gasteiger partial charge in [0.15, 0.2) is 0 Å². The Bertz CT molecular complexity index is 950. The quantitative estimate of drug-likeness (QED) is 0.785. The number of anilines is 1. The van der Waals surface area contributed by atoms with Gasteiger partial charge in [0.2, 0.25) is 0 Å². The number of rotatable bonds is 3. The van der Waals surface area contributed by atoms with E-state index in [1.54, 1.807) is 19.4 Å². The molecule has 134 valence electrons. The van der Waals surface area contributed by atoms with Crippen LogP contribution in [-0.2, 0) is 0 Å². The highest BCUT2D eigenvalue weighted by atomic mass is 16.1. The van der Waals surface area contributed by atoms with E-state index in [1.165, 1.54) is 0 Å². The van der Waals surface area contributed by atoms with Crippen LogP contribution in [0.25, 0.3) is 10.9 Å². The Hall–Kier alpha value is -2.96. The van der Waals surface area contributed by atoms with E-state index in [2.05, 4.69) is 50.4 Å². The number of para-hydroxylation sites is 1. The molecule has 0 spiro atoms. The first-order valence-electron chi connectivity index (χ1n) is 8.90. The van der Waals surface area contributed by atoms with Gasteiger partial charge in [0.05, 0.1) is 11.6 Å².